The number of amides is 1. The summed E-state index contributed by atoms with van der Waals surface area (Å²) in [5, 5.41) is -0.501. The van der Waals surface area contributed by atoms with E-state index in [0.717, 1.165) is 11.1 Å². The van der Waals surface area contributed by atoms with Crippen molar-refractivity contribution < 1.29 is 13.2 Å². The van der Waals surface area contributed by atoms with Crippen molar-refractivity contribution in [2.24, 2.45) is 0 Å². The van der Waals surface area contributed by atoms with Crippen LogP contribution < -0.4 is 4.90 Å². The topological polar surface area (TPSA) is 96.0 Å². The van der Waals surface area contributed by atoms with Crippen molar-refractivity contribution in [1.82, 2.24) is 15.0 Å². The first kappa shape index (κ1) is 20.9. The summed E-state index contributed by atoms with van der Waals surface area (Å²) in [7, 11) is -3.36. The maximum absolute atomic E-state index is 13.1. The number of carbonyl (C=O) groups excluding carboxylic acids is 1. The van der Waals surface area contributed by atoms with Crippen LogP contribution in [0, 0.1) is 12.3 Å². The number of aromatic nitrogens is 3. The zero-order chi connectivity index (χ0) is 23.3. The van der Waals surface area contributed by atoms with Gasteiger partial charge in [-0.15, -0.1) is 6.42 Å². The third-order valence-corrected chi connectivity index (χ3v) is 8.04. The molecule has 2 aromatic carbocycles. The van der Waals surface area contributed by atoms with Gasteiger partial charge < -0.3 is 9.88 Å². The van der Waals surface area contributed by atoms with Gasteiger partial charge in [0, 0.05) is 28.5 Å². The van der Waals surface area contributed by atoms with Gasteiger partial charge in [-0.05, 0) is 38.1 Å². The Hall–Kier alpha value is -3.96. The van der Waals surface area contributed by atoms with Crippen LogP contribution >= 0.6 is 0 Å². The van der Waals surface area contributed by atoms with E-state index in [1.807, 2.05) is 6.07 Å². The highest BCUT2D eigenvalue weighted by atomic mass is 32.2. The van der Waals surface area contributed by atoms with E-state index >= 15 is 0 Å². The summed E-state index contributed by atoms with van der Waals surface area (Å²) in [6.45, 7) is 3.66. The first-order valence-corrected chi connectivity index (χ1v) is 11.9. The molecule has 0 saturated heterocycles. The van der Waals surface area contributed by atoms with Gasteiger partial charge in [-0.2, -0.15) is 0 Å². The Morgan fingerprint density at radius 2 is 1.91 bits per heavy atom. The van der Waals surface area contributed by atoms with E-state index in [2.05, 4.69) is 15.9 Å². The first-order chi connectivity index (χ1) is 15.8. The molecule has 0 saturated carbocycles. The van der Waals surface area contributed by atoms with Crippen molar-refractivity contribution in [2.75, 3.05) is 4.90 Å². The molecule has 164 valence electrons. The third-order valence-electron chi connectivity index (χ3n) is 5.87. The highest BCUT2D eigenvalue weighted by molar-refractivity contribution is 7.92. The highest BCUT2D eigenvalue weighted by Crippen LogP contribution is 2.34. The van der Waals surface area contributed by atoms with Gasteiger partial charge in [0.25, 0.3) is 5.91 Å². The van der Waals surface area contributed by atoms with Gasteiger partial charge in [-0.25, -0.2) is 18.4 Å². The Morgan fingerprint density at radius 3 is 2.61 bits per heavy atom. The lowest BCUT2D eigenvalue weighted by Gasteiger charge is -2.14. The fourth-order valence-electron chi connectivity index (χ4n) is 3.97. The summed E-state index contributed by atoms with van der Waals surface area (Å²) in [4.78, 5) is 27.3. The molecule has 3 heterocycles. The lowest BCUT2D eigenvalue weighted by atomic mass is 10.0. The van der Waals surface area contributed by atoms with Crippen molar-refractivity contribution >= 4 is 32.6 Å². The normalized spacial score (nSPS) is 13.5. The van der Waals surface area contributed by atoms with Gasteiger partial charge >= 0.3 is 0 Å². The molecule has 1 N–H and O–H groups in total. The second-order valence-electron chi connectivity index (χ2n) is 8.11. The van der Waals surface area contributed by atoms with Crippen LogP contribution in [-0.2, 0) is 16.4 Å². The van der Waals surface area contributed by atoms with Crippen LogP contribution in [0.15, 0.2) is 59.8 Å². The maximum Gasteiger partial charge on any atom is 0.259 e. The summed E-state index contributed by atoms with van der Waals surface area (Å²) < 4.78 is 24.8. The molecule has 4 aromatic rings. The SMILES string of the molecule is C#Cc1cccc2c1CN(c1c[nH]c3ncc(-c4ccc(S(=O)(=O)C(C)C)cc4)nc13)C2=O. The number of nitrogens with one attached hydrogen (secondary N) is 1. The lowest BCUT2D eigenvalue weighted by Crippen LogP contribution is -2.22. The van der Waals surface area contributed by atoms with Gasteiger partial charge in [0.05, 0.1) is 34.3 Å². The minimum atomic E-state index is -3.36. The van der Waals surface area contributed by atoms with Gasteiger partial charge in [0.15, 0.2) is 15.5 Å². The molecule has 0 unspecified atom stereocenters. The molecule has 1 aliphatic rings. The smallest absolute Gasteiger partial charge is 0.259 e. The molecule has 1 aliphatic heterocycles. The first-order valence-electron chi connectivity index (χ1n) is 10.4. The molecule has 7 nitrogen and oxygen atoms in total. The predicted octanol–water partition coefficient (Wildman–Crippen LogP) is 3.95. The minimum absolute atomic E-state index is 0.140. The number of rotatable bonds is 4. The molecular weight excluding hydrogens is 436 g/mol. The number of H-pyrrole nitrogens is 1. The monoisotopic (exact) mass is 456 g/mol. The maximum atomic E-state index is 13.1. The van der Waals surface area contributed by atoms with Crippen LogP contribution in [0.2, 0.25) is 0 Å². The Labute approximate surface area is 191 Å². The molecule has 0 fully saturated rings. The average Bonchev–Trinajstić information content (AvgIpc) is 3.39. The molecule has 0 radical (unpaired) electrons. The number of carbonyl (C=O) groups is 1. The van der Waals surface area contributed by atoms with Gasteiger partial charge in [-0.3, -0.25) is 4.79 Å². The number of nitrogens with zero attached hydrogens (tertiary/aromatic N) is 3. The summed E-state index contributed by atoms with van der Waals surface area (Å²) in [6.07, 6.45) is 8.95. The molecule has 0 aliphatic carbocycles. The van der Waals surface area contributed by atoms with Crippen molar-refractivity contribution in [2.45, 2.75) is 30.5 Å². The van der Waals surface area contributed by atoms with Crippen molar-refractivity contribution in [3.8, 4) is 23.6 Å². The number of hydrogen-bond acceptors (Lipinski definition) is 5. The number of hydrogen-bond donors (Lipinski definition) is 1. The summed E-state index contributed by atoms with van der Waals surface area (Å²) in [5.41, 5.74) is 5.13. The van der Waals surface area contributed by atoms with Crippen LogP contribution in [-0.4, -0.2) is 34.5 Å². The van der Waals surface area contributed by atoms with Gasteiger partial charge in [0.2, 0.25) is 0 Å². The number of aromatic amines is 1. The Kier molecular flexibility index (Phi) is 4.80. The summed E-state index contributed by atoms with van der Waals surface area (Å²) in [5.74, 6) is 2.51. The molecule has 0 bridgehead atoms. The molecular formula is C25H20N4O3S. The molecule has 0 atom stereocenters. The van der Waals surface area contributed by atoms with E-state index in [1.165, 1.54) is 0 Å². The second kappa shape index (κ2) is 7.57. The zero-order valence-corrected chi connectivity index (χ0v) is 18.8. The number of fused-ring (bicyclic) bond motifs is 2. The number of terminal acetylenes is 1. The fraction of sp³-hybridized carbons (Fsp3) is 0.160. The van der Waals surface area contributed by atoms with E-state index in [0.29, 0.717) is 40.2 Å². The standard InChI is InChI=1S/C25H20N4O3S/c1-4-16-6-5-7-19-20(16)14-29(25(19)30)22-13-27-24-23(22)28-21(12-26-24)17-8-10-18(11-9-17)33(31,32)15(2)3/h1,5-13,15H,14H2,2-3H3,(H,26,27). The molecule has 0 spiro atoms. The van der Waals surface area contributed by atoms with Crippen LogP contribution in [0.1, 0.15) is 35.3 Å². The van der Waals surface area contributed by atoms with E-state index in [1.54, 1.807) is 67.5 Å². The molecule has 2 aromatic heterocycles. The summed E-state index contributed by atoms with van der Waals surface area (Å²) in [6, 6.07) is 12.0. The largest absolute Gasteiger partial charge is 0.343 e. The molecule has 1 amide bonds. The van der Waals surface area contributed by atoms with Gasteiger partial charge in [-0.1, -0.05) is 24.1 Å². The number of anilines is 1. The number of sulfone groups is 1. The predicted molar refractivity (Wildman–Crippen MR) is 127 cm³/mol. The Balaban J connectivity index is 1.53. The minimum Gasteiger partial charge on any atom is -0.343 e. The number of benzene rings is 2. The van der Waals surface area contributed by atoms with E-state index < -0.39 is 15.1 Å². The van der Waals surface area contributed by atoms with Crippen LogP contribution in [0.25, 0.3) is 22.4 Å². The van der Waals surface area contributed by atoms with Gasteiger partial charge in [0.1, 0.15) is 5.52 Å². The molecule has 5 rings (SSSR count). The van der Waals surface area contributed by atoms with E-state index in [9.17, 15) is 13.2 Å². The van der Waals surface area contributed by atoms with Crippen LogP contribution in [0.5, 0.6) is 0 Å². The van der Waals surface area contributed by atoms with Crippen molar-refractivity contribution in [3.63, 3.8) is 0 Å². The van der Waals surface area contributed by atoms with E-state index in [4.69, 9.17) is 11.4 Å². The average molecular weight is 457 g/mol. The Morgan fingerprint density at radius 1 is 1.15 bits per heavy atom. The molecule has 33 heavy (non-hydrogen) atoms. The highest BCUT2D eigenvalue weighted by Gasteiger charge is 2.32. The zero-order valence-electron chi connectivity index (χ0n) is 18.0. The molecule has 8 heteroatoms. The van der Waals surface area contributed by atoms with Crippen molar-refractivity contribution in [1.29, 1.82) is 0 Å². The Bertz CT molecular complexity index is 1560. The van der Waals surface area contributed by atoms with Crippen LogP contribution in [0.4, 0.5) is 5.69 Å². The summed E-state index contributed by atoms with van der Waals surface area (Å²) >= 11 is 0. The van der Waals surface area contributed by atoms with E-state index in [-0.39, 0.29) is 10.8 Å². The fourth-order valence-corrected chi connectivity index (χ4v) is 5.03. The quantitative estimate of drug-likeness (QED) is 0.469. The third kappa shape index (κ3) is 3.29. The lowest BCUT2D eigenvalue weighted by molar-refractivity contribution is 0.0997. The van der Waals surface area contributed by atoms with Crippen LogP contribution in [0.3, 0.4) is 0 Å². The van der Waals surface area contributed by atoms with Crippen molar-refractivity contribution in [3.05, 3.63) is 71.5 Å². The second-order valence-corrected chi connectivity index (χ2v) is 10.6.